The lowest BCUT2D eigenvalue weighted by Gasteiger charge is -2.06. The molecule has 0 aromatic heterocycles. The topological polar surface area (TPSA) is 46.2 Å². The molecule has 0 radical (unpaired) electrons. The zero-order chi connectivity index (χ0) is 17.6. The van der Waals surface area contributed by atoms with Gasteiger partial charge in [0.1, 0.15) is 0 Å². The van der Waals surface area contributed by atoms with Crippen LogP contribution in [0, 0.1) is 17.8 Å². The summed E-state index contributed by atoms with van der Waals surface area (Å²) in [5, 5.41) is 3.03. The summed E-state index contributed by atoms with van der Waals surface area (Å²) in [5.41, 5.74) is 1.36. The molecule has 1 aromatic carbocycles. The first-order chi connectivity index (χ1) is 12.2. The van der Waals surface area contributed by atoms with E-state index in [4.69, 9.17) is 0 Å². The summed E-state index contributed by atoms with van der Waals surface area (Å²) >= 11 is 0. The Balaban J connectivity index is 1.63. The Labute approximate surface area is 150 Å². The number of hydrogen-bond donors (Lipinski definition) is 1. The molecule has 1 aromatic rings. The van der Waals surface area contributed by atoms with Crippen LogP contribution in [0.5, 0.6) is 0 Å². The summed E-state index contributed by atoms with van der Waals surface area (Å²) in [6.45, 7) is 1.54. The Morgan fingerprint density at radius 2 is 1.52 bits per heavy atom. The first-order valence-electron chi connectivity index (χ1n) is 9.38. The molecule has 1 N–H and O–H groups in total. The van der Waals surface area contributed by atoms with Crippen LogP contribution in [0.1, 0.15) is 55.8 Å². The van der Waals surface area contributed by atoms with Crippen LogP contribution < -0.4 is 5.32 Å². The summed E-state index contributed by atoms with van der Waals surface area (Å²) in [7, 11) is 0. The molecular weight excluding hydrogens is 310 g/mol. The van der Waals surface area contributed by atoms with Crippen molar-refractivity contribution in [1.29, 1.82) is 0 Å². The SMILES string of the molecule is CC(=O)c1cccc(NC(=O)C2C3CCC=CCCC=CCCC32)c1. The number of anilines is 1. The number of hydrogen-bond acceptors (Lipinski definition) is 2. The number of carbonyl (C=O) groups is 2. The Morgan fingerprint density at radius 3 is 2.12 bits per heavy atom. The maximum absolute atomic E-state index is 12.7. The van der Waals surface area contributed by atoms with Crippen LogP contribution in [-0.2, 0) is 4.79 Å². The molecule has 132 valence electrons. The second-order valence-corrected chi connectivity index (χ2v) is 7.15. The minimum atomic E-state index is 0.0161. The van der Waals surface area contributed by atoms with Crippen LogP contribution in [0.3, 0.4) is 0 Å². The zero-order valence-electron chi connectivity index (χ0n) is 14.9. The second kappa shape index (κ2) is 8.28. The number of Topliss-reactive ketones (excluding diaryl/α,β-unsaturated/α-hetero) is 1. The maximum atomic E-state index is 12.7. The molecular formula is C22H27NO2. The molecule has 2 aliphatic carbocycles. The molecule has 1 saturated carbocycles. The van der Waals surface area contributed by atoms with Crippen molar-refractivity contribution in [1.82, 2.24) is 0 Å². The molecule has 2 atom stereocenters. The number of fused-ring (bicyclic) bond motifs is 1. The van der Waals surface area contributed by atoms with Gasteiger partial charge in [-0.2, -0.15) is 0 Å². The quantitative estimate of drug-likeness (QED) is 0.612. The minimum absolute atomic E-state index is 0.0161. The van der Waals surface area contributed by atoms with Gasteiger partial charge >= 0.3 is 0 Å². The smallest absolute Gasteiger partial charge is 0.228 e. The fourth-order valence-electron chi connectivity index (χ4n) is 3.90. The fraction of sp³-hybridized carbons (Fsp3) is 0.455. The lowest BCUT2D eigenvalue weighted by atomic mass is 10.1. The van der Waals surface area contributed by atoms with Gasteiger partial charge in [0.25, 0.3) is 0 Å². The summed E-state index contributed by atoms with van der Waals surface area (Å²) < 4.78 is 0. The van der Waals surface area contributed by atoms with Crippen LogP contribution in [0.2, 0.25) is 0 Å². The predicted molar refractivity (Wildman–Crippen MR) is 102 cm³/mol. The number of allylic oxidation sites excluding steroid dienone is 4. The molecule has 3 nitrogen and oxygen atoms in total. The van der Waals surface area contributed by atoms with Crippen molar-refractivity contribution in [2.75, 3.05) is 5.32 Å². The molecule has 0 spiro atoms. The van der Waals surface area contributed by atoms with Crippen molar-refractivity contribution in [2.24, 2.45) is 17.8 Å². The predicted octanol–water partition coefficient (Wildman–Crippen LogP) is 5.16. The Hall–Kier alpha value is -2.16. The molecule has 2 aliphatic rings. The highest BCUT2D eigenvalue weighted by Crippen LogP contribution is 2.52. The number of ketones is 1. The lowest BCUT2D eigenvalue weighted by molar-refractivity contribution is -0.117. The van der Waals surface area contributed by atoms with Crippen molar-refractivity contribution in [3.8, 4) is 0 Å². The summed E-state index contributed by atoms with van der Waals surface area (Å²) in [5.74, 6) is 1.23. The average molecular weight is 337 g/mol. The molecule has 0 saturated heterocycles. The van der Waals surface area contributed by atoms with Crippen LogP contribution in [0.4, 0.5) is 5.69 Å². The van der Waals surface area contributed by atoms with Crippen LogP contribution in [0.15, 0.2) is 48.6 Å². The highest BCUT2D eigenvalue weighted by molar-refractivity contribution is 5.98. The van der Waals surface area contributed by atoms with Crippen molar-refractivity contribution in [3.63, 3.8) is 0 Å². The molecule has 0 bridgehead atoms. The maximum Gasteiger partial charge on any atom is 0.228 e. The van der Waals surface area contributed by atoms with Crippen molar-refractivity contribution in [2.45, 2.75) is 45.4 Å². The van der Waals surface area contributed by atoms with E-state index in [0.717, 1.165) is 44.2 Å². The van der Waals surface area contributed by atoms with Gasteiger partial charge in [-0.05, 0) is 69.4 Å². The van der Waals surface area contributed by atoms with E-state index in [1.807, 2.05) is 12.1 Å². The fourth-order valence-corrected chi connectivity index (χ4v) is 3.90. The van der Waals surface area contributed by atoms with Crippen molar-refractivity contribution in [3.05, 3.63) is 54.1 Å². The van der Waals surface area contributed by atoms with Gasteiger partial charge in [-0.15, -0.1) is 0 Å². The van der Waals surface area contributed by atoms with Gasteiger partial charge in [0.05, 0.1) is 0 Å². The normalized spacial score (nSPS) is 26.0. The molecule has 0 aliphatic heterocycles. The first kappa shape index (κ1) is 17.7. The molecule has 25 heavy (non-hydrogen) atoms. The lowest BCUT2D eigenvalue weighted by Crippen LogP contribution is -2.16. The third kappa shape index (κ3) is 4.68. The van der Waals surface area contributed by atoms with Gasteiger partial charge < -0.3 is 5.32 Å². The number of carbonyl (C=O) groups excluding carboxylic acids is 2. The molecule has 1 amide bonds. The molecule has 0 heterocycles. The molecule has 1 fully saturated rings. The highest BCUT2D eigenvalue weighted by Gasteiger charge is 2.52. The molecule has 3 heteroatoms. The van der Waals surface area contributed by atoms with Gasteiger partial charge in [-0.25, -0.2) is 0 Å². The van der Waals surface area contributed by atoms with Crippen LogP contribution in [-0.4, -0.2) is 11.7 Å². The first-order valence-corrected chi connectivity index (χ1v) is 9.38. The Kier molecular flexibility index (Phi) is 5.85. The minimum Gasteiger partial charge on any atom is -0.326 e. The average Bonchev–Trinajstić information content (AvgIpc) is 3.27. The van der Waals surface area contributed by atoms with Crippen LogP contribution in [0.25, 0.3) is 0 Å². The largest absolute Gasteiger partial charge is 0.326 e. The number of nitrogens with one attached hydrogen (secondary N) is 1. The third-order valence-electron chi connectivity index (χ3n) is 5.34. The Bertz CT molecular complexity index is 665. The van der Waals surface area contributed by atoms with E-state index in [1.165, 1.54) is 0 Å². The summed E-state index contributed by atoms with van der Waals surface area (Å²) in [6.07, 6.45) is 15.6. The number of rotatable bonds is 3. The standard InChI is InChI=1S/C22H27NO2/c1-16(24)17-11-10-12-18(15-17)23-22(25)21-19-13-8-6-4-2-3-5-7-9-14-20(19)21/h4-7,10-12,15,19-21H,2-3,8-9,13-14H2,1H3,(H,23,25). The van der Waals surface area contributed by atoms with Crippen LogP contribution >= 0.6 is 0 Å². The van der Waals surface area contributed by atoms with E-state index in [-0.39, 0.29) is 17.6 Å². The third-order valence-corrected chi connectivity index (χ3v) is 5.34. The van der Waals surface area contributed by atoms with E-state index in [1.54, 1.807) is 19.1 Å². The monoisotopic (exact) mass is 337 g/mol. The van der Waals surface area contributed by atoms with E-state index in [2.05, 4.69) is 29.6 Å². The van der Waals surface area contributed by atoms with Gasteiger partial charge in [0.15, 0.2) is 5.78 Å². The zero-order valence-corrected chi connectivity index (χ0v) is 14.9. The van der Waals surface area contributed by atoms with E-state index >= 15 is 0 Å². The van der Waals surface area contributed by atoms with E-state index in [0.29, 0.717) is 17.4 Å². The second-order valence-electron chi connectivity index (χ2n) is 7.15. The number of amides is 1. The van der Waals surface area contributed by atoms with Gasteiger partial charge in [-0.1, -0.05) is 36.4 Å². The van der Waals surface area contributed by atoms with Gasteiger partial charge in [0, 0.05) is 17.2 Å². The molecule has 3 rings (SSSR count). The Morgan fingerprint density at radius 1 is 0.920 bits per heavy atom. The van der Waals surface area contributed by atoms with Gasteiger partial charge in [-0.3, -0.25) is 9.59 Å². The number of benzene rings is 1. The summed E-state index contributed by atoms with van der Waals surface area (Å²) in [4.78, 5) is 24.2. The summed E-state index contributed by atoms with van der Waals surface area (Å²) in [6, 6.07) is 7.21. The van der Waals surface area contributed by atoms with E-state index < -0.39 is 0 Å². The van der Waals surface area contributed by atoms with E-state index in [9.17, 15) is 9.59 Å². The molecule has 2 unspecified atom stereocenters. The van der Waals surface area contributed by atoms with Crippen molar-refractivity contribution >= 4 is 17.4 Å². The highest BCUT2D eigenvalue weighted by atomic mass is 16.2. The van der Waals surface area contributed by atoms with Crippen molar-refractivity contribution < 1.29 is 9.59 Å². The van der Waals surface area contributed by atoms with Gasteiger partial charge in [0.2, 0.25) is 5.91 Å².